The quantitative estimate of drug-likeness (QED) is 0.648. The Bertz CT molecular complexity index is 413. The van der Waals surface area contributed by atoms with E-state index in [1.807, 2.05) is 0 Å². The number of carbonyl (C=O) groups is 2. The number of cyclic esters (lactones) is 1. The number of benzene rings is 1. The molecule has 72 valence electrons. The second kappa shape index (κ2) is 3.02. The summed E-state index contributed by atoms with van der Waals surface area (Å²) in [6, 6.07) is 4.22. The number of carboxylic acids is 1. The van der Waals surface area contributed by atoms with Gasteiger partial charge in [-0.3, -0.25) is 0 Å². The topological polar surface area (TPSA) is 75.6 Å². The number of ether oxygens (including phenoxy) is 1. The number of anilines is 1. The molecule has 2 N–H and O–H groups in total. The van der Waals surface area contributed by atoms with Crippen molar-refractivity contribution in [1.29, 1.82) is 0 Å². The first-order valence-corrected chi connectivity index (χ1v) is 3.97. The van der Waals surface area contributed by atoms with Crippen molar-refractivity contribution in [3.63, 3.8) is 0 Å². The first-order valence-electron chi connectivity index (χ1n) is 3.97. The molecule has 1 aromatic rings. The molecule has 1 aromatic carbocycles. The normalized spacial score (nSPS) is 13.9. The molecule has 0 saturated heterocycles. The van der Waals surface area contributed by atoms with E-state index in [2.05, 4.69) is 5.32 Å². The van der Waals surface area contributed by atoms with E-state index in [-0.39, 0.29) is 12.3 Å². The maximum absolute atomic E-state index is 11.2. The average Bonchev–Trinajstić information content (AvgIpc) is 2.17. The summed E-state index contributed by atoms with van der Waals surface area (Å²) in [5, 5.41) is 11.5. The summed E-state index contributed by atoms with van der Waals surface area (Å²) in [4.78, 5) is 21.8. The molecule has 0 saturated carbocycles. The Kier molecular flexibility index (Phi) is 1.85. The van der Waals surface area contributed by atoms with Crippen LogP contribution in [0, 0.1) is 0 Å². The highest BCUT2D eigenvalue weighted by molar-refractivity contribution is 5.99. The molecular formula is C9H7NO4. The molecule has 2 rings (SSSR count). The van der Waals surface area contributed by atoms with E-state index in [0.29, 0.717) is 11.3 Å². The zero-order chi connectivity index (χ0) is 10.1. The van der Waals surface area contributed by atoms with Crippen molar-refractivity contribution < 1.29 is 19.4 Å². The van der Waals surface area contributed by atoms with Crippen LogP contribution >= 0.6 is 0 Å². The van der Waals surface area contributed by atoms with Gasteiger partial charge in [-0.15, -0.1) is 0 Å². The number of hydrogen-bond acceptors (Lipinski definition) is 4. The number of fused-ring (bicyclic) bond motifs is 1. The lowest BCUT2D eigenvalue weighted by Gasteiger charge is -2.17. The van der Waals surface area contributed by atoms with E-state index in [4.69, 9.17) is 9.84 Å². The third-order valence-electron chi connectivity index (χ3n) is 1.95. The molecular weight excluding hydrogens is 186 g/mol. The van der Waals surface area contributed by atoms with Gasteiger partial charge >= 0.3 is 11.9 Å². The van der Waals surface area contributed by atoms with Gasteiger partial charge in [-0.1, -0.05) is 0 Å². The monoisotopic (exact) mass is 193 g/mol. The Balaban J connectivity index is 2.49. The highest BCUT2D eigenvalue weighted by atomic mass is 16.5. The lowest BCUT2D eigenvalue weighted by molar-refractivity contribution is 0.0516. The van der Waals surface area contributed by atoms with Crippen LogP contribution in [0.15, 0.2) is 18.2 Å². The molecule has 0 bridgehead atoms. The second-order valence-electron chi connectivity index (χ2n) is 2.82. The van der Waals surface area contributed by atoms with Crippen LogP contribution in [0.1, 0.15) is 20.7 Å². The van der Waals surface area contributed by atoms with Crippen molar-refractivity contribution in [3.8, 4) is 0 Å². The smallest absolute Gasteiger partial charge is 0.341 e. The Morgan fingerprint density at radius 2 is 2.29 bits per heavy atom. The number of esters is 1. The highest BCUT2D eigenvalue weighted by Crippen LogP contribution is 2.21. The van der Waals surface area contributed by atoms with Gasteiger partial charge in [-0.25, -0.2) is 9.59 Å². The van der Waals surface area contributed by atoms with Crippen molar-refractivity contribution in [1.82, 2.24) is 0 Å². The van der Waals surface area contributed by atoms with E-state index in [0.717, 1.165) is 0 Å². The molecule has 0 aromatic heterocycles. The molecule has 1 heterocycles. The predicted molar refractivity (Wildman–Crippen MR) is 47.3 cm³/mol. The summed E-state index contributed by atoms with van der Waals surface area (Å²) in [6.07, 6.45) is 0. The van der Waals surface area contributed by atoms with E-state index in [1.54, 1.807) is 0 Å². The number of nitrogens with one attached hydrogen (secondary N) is 1. The summed E-state index contributed by atoms with van der Waals surface area (Å²) in [7, 11) is 0. The number of carbonyl (C=O) groups excluding carboxylic acids is 1. The van der Waals surface area contributed by atoms with Gasteiger partial charge in [0.2, 0.25) is 0 Å². The first-order chi connectivity index (χ1) is 6.68. The van der Waals surface area contributed by atoms with Gasteiger partial charge in [0, 0.05) is 0 Å². The molecule has 0 fully saturated rings. The fourth-order valence-corrected chi connectivity index (χ4v) is 1.26. The van der Waals surface area contributed by atoms with Crippen LogP contribution in [0.2, 0.25) is 0 Å². The Hall–Kier alpha value is -2.04. The minimum absolute atomic E-state index is 0.0783. The molecule has 5 heteroatoms. The van der Waals surface area contributed by atoms with Crippen LogP contribution in [0.25, 0.3) is 0 Å². The summed E-state index contributed by atoms with van der Waals surface area (Å²) in [5.74, 6) is -1.45. The van der Waals surface area contributed by atoms with Gasteiger partial charge in [-0.2, -0.15) is 0 Å². The maximum Gasteiger partial charge on any atom is 0.341 e. The average molecular weight is 193 g/mol. The number of carboxylic acid groups (broad SMARTS) is 1. The SMILES string of the molecule is O=C(O)c1ccc2c(c1)NCOC2=O. The van der Waals surface area contributed by atoms with E-state index >= 15 is 0 Å². The molecule has 0 amide bonds. The van der Waals surface area contributed by atoms with Crippen LogP contribution in [0.5, 0.6) is 0 Å². The lowest BCUT2D eigenvalue weighted by Crippen LogP contribution is -2.21. The van der Waals surface area contributed by atoms with Crippen molar-refractivity contribution in [3.05, 3.63) is 29.3 Å². The largest absolute Gasteiger partial charge is 0.478 e. The van der Waals surface area contributed by atoms with E-state index in [9.17, 15) is 9.59 Å². The zero-order valence-corrected chi connectivity index (χ0v) is 7.11. The zero-order valence-electron chi connectivity index (χ0n) is 7.11. The Morgan fingerprint density at radius 3 is 3.00 bits per heavy atom. The van der Waals surface area contributed by atoms with Crippen molar-refractivity contribution in [2.75, 3.05) is 12.0 Å². The van der Waals surface area contributed by atoms with Gasteiger partial charge < -0.3 is 15.2 Å². The minimum Gasteiger partial charge on any atom is -0.478 e. The van der Waals surface area contributed by atoms with Crippen molar-refractivity contribution >= 4 is 17.6 Å². The minimum atomic E-state index is -1.02. The van der Waals surface area contributed by atoms with Crippen LogP contribution in [0.4, 0.5) is 5.69 Å². The number of rotatable bonds is 1. The Morgan fingerprint density at radius 1 is 1.50 bits per heavy atom. The first kappa shape index (κ1) is 8.55. The molecule has 0 radical (unpaired) electrons. The summed E-state index contributed by atoms with van der Waals surface area (Å²) < 4.78 is 4.71. The van der Waals surface area contributed by atoms with E-state index < -0.39 is 11.9 Å². The molecule has 5 nitrogen and oxygen atoms in total. The van der Waals surface area contributed by atoms with Crippen LogP contribution in [-0.2, 0) is 4.74 Å². The van der Waals surface area contributed by atoms with Gasteiger partial charge in [0.25, 0.3) is 0 Å². The molecule has 0 unspecified atom stereocenters. The third kappa shape index (κ3) is 1.28. The molecule has 0 spiro atoms. The molecule has 0 aliphatic carbocycles. The maximum atomic E-state index is 11.2. The van der Waals surface area contributed by atoms with Gasteiger partial charge in [0.15, 0.2) is 6.73 Å². The molecule has 0 atom stereocenters. The highest BCUT2D eigenvalue weighted by Gasteiger charge is 2.19. The molecule has 14 heavy (non-hydrogen) atoms. The molecule has 1 aliphatic heterocycles. The predicted octanol–water partition coefficient (Wildman–Crippen LogP) is 0.925. The Labute approximate surface area is 79.3 Å². The van der Waals surface area contributed by atoms with Crippen molar-refractivity contribution in [2.24, 2.45) is 0 Å². The number of aromatic carboxylic acids is 1. The fraction of sp³-hybridized carbons (Fsp3) is 0.111. The van der Waals surface area contributed by atoms with Crippen LogP contribution in [0.3, 0.4) is 0 Å². The summed E-state index contributed by atoms with van der Waals surface area (Å²) >= 11 is 0. The summed E-state index contributed by atoms with van der Waals surface area (Å²) in [6.45, 7) is 0.0783. The number of hydrogen-bond donors (Lipinski definition) is 2. The van der Waals surface area contributed by atoms with Gasteiger partial charge in [-0.05, 0) is 18.2 Å². The summed E-state index contributed by atoms with van der Waals surface area (Å²) in [5.41, 5.74) is 1.01. The van der Waals surface area contributed by atoms with Crippen LogP contribution in [-0.4, -0.2) is 23.8 Å². The standard InChI is InChI=1S/C9H7NO4/c11-8(12)5-1-2-6-7(3-5)10-4-14-9(6)13/h1-3,10H,4H2,(H,11,12). The second-order valence-corrected chi connectivity index (χ2v) is 2.82. The van der Waals surface area contributed by atoms with Gasteiger partial charge in [0.1, 0.15) is 0 Å². The lowest BCUT2D eigenvalue weighted by atomic mass is 10.1. The fourth-order valence-electron chi connectivity index (χ4n) is 1.26. The third-order valence-corrected chi connectivity index (χ3v) is 1.95. The van der Waals surface area contributed by atoms with Crippen LogP contribution < -0.4 is 5.32 Å². The van der Waals surface area contributed by atoms with Crippen molar-refractivity contribution in [2.45, 2.75) is 0 Å². The van der Waals surface area contributed by atoms with Gasteiger partial charge in [0.05, 0.1) is 16.8 Å². The molecule has 1 aliphatic rings. The van der Waals surface area contributed by atoms with E-state index in [1.165, 1.54) is 18.2 Å².